The number of hydrogen-bond donors (Lipinski definition) is 0. The van der Waals surface area contributed by atoms with Gasteiger partial charge in [-0.1, -0.05) is 78.9 Å². The molecule has 0 unspecified atom stereocenters. The average Bonchev–Trinajstić information content (AvgIpc) is 2.92. The van der Waals surface area contributed by atoms with Gasteiger partial charge in [0.2, 0.25) is 0 Å². The van der Waals surface area contributed by atoms with Gasteiger partial charge in [-0.3, -0.25) is 0 Å². The molecule has 4 aromatic carbocycles. The Kier molecular flexibility index (Phi) is 7.10. The smallest absolute Gasteiger partial charge is 0.126 e. The molecule has 0 saturated carbocycles. The molecule has 4 aromatic rings. The maximum absolute atomic E-state index is 6.38. The van der Waals surface area contributed by atoms with Gasteiger partial charge in [0.05, 0.1) is 0 Å². The van der Waals surface area contributed by atoms with Crippen molar-refractivity contribution in [2.24, 2.45) is 0 Å². The Labute approximate surface area is 202 Å². The van der Waals surface area contributed by atoms with E-state index in [-0.39, 0.29) is 0 Å². The number of anilines is 1. The van der Waals surface area contributed by atoms with Gasteiger partial charge in [0.25, 0.3) is 0 Å². The second-order valence-electron chi connectivity index (χ2n) is 8.77. The van der Waals surface area contributed by atoms with Crippen LogP contribution >= 0.6 is 0 Å². The number of hydrogen-bond acceptors (Lipinski definition) is 3. The molecule has 171 valence electrons. The highest BCUT2D eigenvalue weighted by Crippen LogP contribution is 2.38. The van der Waals surface area contributed by atoms with Crippen LogP contribution in [0.2, 0.25) is 0 Å². The maximum Gasteiger partial charge on any atom is 0.126 e. The average molecular weight is 449 g/mol. The zero-order chi connectivity index (χ0) is 23.0. The minimum absolute atomic E-state index is 0.473. The summed E-state index contributed by atoms with van der Waals surface area (Å²) in [5.41, 5.74) is 4.88. The molecule has 3 nitrogen and oxygen atoms in total. The first-order valence-corrected chi connectivity index (χ1v) is 12.0. The van der Waals surface area contributed by atoms with Gasteiger partial charge in [0, 0.05) is 24.8 Å². The molecule has 1 saturated heterocycles. The van der Waals surface area contributed by atoms with E-state index in [1.54, 1.807) is 0 Å². The molecule has 34 heavy (non-hydrogen) atoms. The highest BCUT2D eigenvalue weighted by molar-refractivity contribution is 5.48. The molecule has 0 atom stereocenters. The molecule has 1 fully saturated rings. The normalized spacial score (nSPS) is 14.1. The van der Waals surface area contributed by atoms with Crippen LogP contribution in [0.5, 0.6) is 11.5 Å². The second kappa shape index (κ2) is 10.9. The van der Waals surface area contributed by atoms with E-state index in [4.69, 9.17) is 9.47 Å². The number of benzene rings is 4. The lowest BCUT2D eigenvalue weighted by Gasteiger charge is -2.34. The van der Waals surface area contributed by atoms with Crippen molar-refractivity contribution in [1.29, 1.82) is 0 Å². The summed E-state index contributed by atoms with van der Waals surface area (Å²) in [6.07, 6.45) is 2.20. The monoisotopic (exact) mass is 448 g/mol. The summed E-state index contributed by atoms with van der Waals surface area (Å²) in [5.74, 6) is 2.25. The van der Waals surface area contributed by atoms with E-state index in [1.165, 1.54) is 16.8 Å². The van der Waals surface area contributed by atoms with E-state index in [1.807, 2.05) is 36.4 Å². The van der Waals surface area contributed by atoms with Gasteiger partial charge in [-0.15, -0.1) is 0 Å². The summed E-state index contributed by atoms with van der Waals surface area (Å²) in [6.45, 7) is 3.18. The van der Waals surface area contributed by atoms with Crippen LogP contribution < -0.4 is 14.4 Å². The topological polar surface area (TPSA) is 21.7 Å². The van der Waals surface area contributed by atoms with Gasteiger partial charge in [-0.05, 0) is 59.7 Å². The van der Waals surface area contributed by atoms with Gasteiger partial charge in [-0.25, -0.2) is 0 Å². The molecule has 0 spiro atoms. The Balaban J connectivity index is 1.31. The van der Waals surface area contributed by atoms with Crippen molar-refractivity contribution in [3.05, 3.63) is 126 Å². The van der Waals surface area contributed by atoms with Crippen LogP contribution in [-0.4, -0.2) is 13.1 Å². The first kappa shape index (κ1) is 22.1. The predicted octanol–water partition coefficient (Wildman–Crippen LogP) is 7.03. The lowest BCUT2D eigenvalue weighted by atomic mass is 9.88. The molecule has 0 aromatic heterocycles. The molecule has 1 aliphatic rings. The van der Waals surface area contributed by atoms with Crippen LogP contribution in [0.4, 0.5) is 5.69 Å². The Morgan fingerprint density at radius 3 is 1.97 bits per heavy atom. The molecule has 3 heteroatoms. The number of nitrogens with zero attached hydrogens (tertiary/aromatic N) is 1. The molecule has 1 aliphatic heterocycles. The Morgan fingerprint density at radius 1 is 0.706 bits per heavy atom. The molecule has 5 rings (SSSR count). The first-order chi connectivity index (χ1) is 16.8. The summed E-state index contributed by atoms with van der Waals surface area (Å²) >= 11 is 0. The first-order valence-electron chi connectivity index (χ1n) is 12.0. The molecule has 0 amide bonds. The van der Waals surface area contributed by atoms with Crippen LogP contribution in [0, 0.1) is 6.07 Å². The Hall–Kier alpha value is -3.72. The molecule has 0 aliphatic carbocycles. The highest BCUT2D eigenvalue weighted by Gasteiger charge is 2.24. The minimum atomic E-state index is 0.473. The third-order valence-corrected chi connectivity index (χ3v) is 6.47. The standard InChI is InChI=1S/C31H30NO2/c1-4-10-25(11-5-1)23-33-29-16-17-30(31(22-29)34-24-26-12-6-2-7-13-26)27-18-20-32(21-19-27)28-14-8-3-9-15-28/h1-2,4-17,22,27H,18-21,23-24H2. The van der Waals surface area contributed by atoms with Crippen molar-refractivity contribution < 1.29 is 9.47 Å². The fourth-order valence-corrected chi connectivity index (χ4v) is 4.58. The largest absolute Gasteiger partial charge is 0.489 e. The molecule has 0 bridgehead atoms. The third kappa shape index (κ3) is 5.60. The van der Waals surface area contributed by atoms with Gasteiger partial charge in [0.15, 0.2) is 0 Å². The van der Waals surface area contributed by atoms with Crippen molar-refractivity contribution in [1.82, 2.24) is 0 Å². The Bertz CT molecular complexity index is 1150. The lowest BCUT2D eigenvalue weighted by molar-refractivity contribution is 0.285. The summed E-state index contributed by atoms with van der Waals surface area (Å²) in [5, 5.41) is 0. The van der Waals surface area contributed by atoms with Crippen molar-refractivity contribution in [3.8, 4) is 11.5 Å². The molecule has 1 radical (unpaired) electrons. The van der Waals surface area contributed by atoms with Crippen LogP contribution in [0.15, 0.2) is 103 Å². The fraction of sp³-hybridized carbons (Fsp3) is 0.226. The van der Waals surface area contributed by atoms with Crippen LogP contribution in [0.3, 0.4) is 0 Å². The number of piperidine rings is 1. The van der Waals surface area contributed by atoms with Crippen molar-refractivity contribution in [2.75, 3.05) is 18.0 Å². The van der Waals surface area contributed by atoms with Crippen molar-refractivity contribution in [3.63, 3.8) is 0 Å². The summed E-state index contributed by atoms with van der Waals surface area (Å²) in [7, 11) is 0. The maximum atomic E-state index is 6.38. The second-order valence-corrected chi connectivity index (χ2v) is 8.77. The van der Waals surface area contributed by atoms with Gasteiger partial charge in [-0.2, -0.15) is 0 Å². The number of ether oxygens (including phenoxy) is 2. The minimum Gasteiger partial charge on any atom is -0.489 e. The van der Waals surface area contributed by atoms with Gasteiger partial charge < -0.3 is 14.4 Å². The molecule has 1 heterocycles. The van der Waals surface area contributed by atoms with Crippen LogP contribution in [-0.2, 0) is 13.2 Å². The van der Waals surface area contributed by atoms with Crippen molar-refractivity contribution in [2.45, 2.75) is 32.0 Å². The van der Waals surface area contributed by atoms with Crippen molar-refractivity contribution >= 4 is 5.69 Å². The van der Waals surface area contributed by atoms with E-state index in [9.17, 15) is 0 Å². The van der Waals surface area contributed by atoms with E-state index < -0.39 is 0 Å². The van der Waals surface area contributed by atoms with E-state index in [0.29, 0.717) is 19.1 Å². The highest BCUT2D eigenvalue weighted by atomic mass is 16.5. The molecule has 0 N–H and O–H groups in total. The summed E-state index contributed by atoms with van der Waals surface area (Å²) in [4.78, 5) is 2.46. The van der Waals surface area contributed by atoms with Crippen LogP contribution in [0.1, 0.15) is 35.4 Å². The summed E-state index contributed by atoms with van der Waals surface area (Å²) < 4.78 is 12.5. The van der Waals surface area contributed by atoms with Crippen LogP contribution in [0.25, 0.3) is 0 Å². The van der Waals surface area contributed by atoms with Gasteiger partial charge in [0.1, 0.15) is 24.7 Å². The summed E-state index contributed by atoms with van der Waals surface area (Å²) in [6, 6.07) is 38.4. The third-order valence-electron chi connectivity index (χ3n) is 6.47. The fourth-order valence-electron chi connectivity index (χ4n) is 4.58. The lowest BCUT2D eigenvalue weighted by Crippen LogP contribution is -2.32. The molecular formula is C31H30NO2. The number of rotatable bonds is 8. The van der Waals surface area contributed by atoms with E-state index in [0.717, 1.165) is 43.0 Å². The molecular weight excluding hydrogens is 418 g/mol. The van der Waals surface area contributed by atoms with Gasteiger partial charge >= 0.3 is 0 Å². The predicted molar refractivity (Wildman–Crippen MR) is 137 cm³/mol. The van der Waals surface area contributed by atoms with E-state index in [2.05, 4.69) is 77.7 Å². The zero-order valence-electron chi connectivity index (χ0n) is 19.4. The quantitative estimate of drug-likeness (QED) is 0.289. The SMILES string of the molecule is [c]1ccc(N2CCC(c3ccc(OCc4ccccc4)cc3OCc3ccccc3)CC2)cc1. The van der Waals surface area contributed by atoms with E-state index >= 15 is 0 Å². The zero-order valence-corrected chi connectivity index (χ0v) is 19.4. The Morgan fingerprint density at radius 2 is 1.32 bits per heavy atom.